The first-order valence-corrected chi connectivity index (χ1v) is 3.66. The highest BCUT2D eigenvalue weighted by molar-refractivity contribution is 4.64. The number of hydrogen-bond donors (Lipinski definition) is 1. The van der Waals surface area contributed by atoms with Crippen LogP contribution in [0.3, 0.4) is 0 Å². The van der Waals surface area contributed by atoms with E-state index in [2.05, 4.69) is 17.3 Å². The van der Waals surface area contributed by atoms with Crippen molar-refractivity contribution in [3.63, 3.8) is 0 Å². The normalized spacial score (nSPS) is 21.0. The second kappa shape index (κ2) is 3.85. The molecule has 2 heteroatoms. The molecule has 0 bridgehead atoms. The molecule has 0 aromatic carbocycles. The van der Waals surface area contributed by atoms with E-state index in [4.69, 9.17) is 0 Å². The number of nitrogens with one attached hydrogen (secondary N) is 1. The monoisotopic (exact) mass is 127 g/mol. The van der Waals surface area contributed by atoms with Crippen LogP contribution in [-0.4, -0.2) is 31.1 Å². The van der Waals surface area contributed by atoms with Crippen LogP contribution in [0.5, 0.6) is 0 Å². The summed E-state index contributed by atoms with van der Waals surface area (Å²) in [6.07, 6.45) is 2.77. The van der Waals surface area contributed by atoms with Crippen molar-refractivity contribution in [2.75, 3.05) is 26.2 Å². The van der Waals surface area contributed by atoms with E-state index in [0.717, 1.165) is 6.54 Å². The number of rotatable bonds is 3. The van der Waals surface area contributed by atoms with Crippen molar-refractivity contribution in [2.45, 2.75) is 12.8 Å². The zero-order chi connectivity index (χ0) is 6.53. The minimum atomic E-state index is 1.03. The summed E-state index contributed by atoms with van der Waals surface area (Å²) in [5.41, 5.74) is 0. The van der Waals surface area contributed by atoms with E-state index in [-0.39, 0.29) is 0 Å². The molecule has 0 unspecified atom stereocenters. The Kier molecular flexibility index (Phi) is 3.01. The molecule has 0 spiro atoms. The van der Waals surface area contributed by atoms with Gasteiger partial charge >= 0.3 is 0 Å². The van der Waals surface area contributed by atoms with Crippen molar-refractivity contribution in [3.8, 4) is 0 Å². The number of nitrogens with zero attached hydrogens (tertiary/aromatic N) is 1. The minimum Gasteiger partial charge on any atom is -0.334 e. The average Bonchev–Trinajstić information content (AvgIpc) is 2.34. The predicted octanol–water partition coefficient (Wildman–Crippen LogP) is -0.777. The van der Waals surface area contributed by atoms with Crippen LogP contribution in [0, 0.1) is 7.05 Å². The van der Waals surface area contributed by atoms with E-state index in [0.29, 0.717) is 0 Å². The van der Waals surface area contributed by atoms with Crippen LogP contribution in [-0.2, 0) is 0 Å². The van der Waals surface area contributed by atoms with Gasteiger partial charge < -0.3 is 5.32 Å². The highest BCUT2D eigenvalue weighted by Crippen LogP contribution is 2.04. The standard InChI is InChI=1S/C7H15N2/c1-8-4-7-9-5-2-3-6-9/h8H,1-7H2. The van der Waals surface area contributed by atoms with Crippen LogP contribution in [0.4, 0.5) is 0 Å². The van der Waals surface area contributed by atoms with Gasteiger partial charge in [0.1, 0.15) is 6.54 Å². The first-order valence-electron chi connectivity index (χ1n) is 3.66. The molecular weight excluding hydrogens is 112 g/mol. The molecule has 1 heterocycles. The van der Waals surface area contributed by atoms with Gasteiger partial charge in [0, 0.05) is 6.54 Å². The summed E-state index contributed by atoms with van der Waals surface area (Å²) in [5.74, 6) is 0. The zero-order valence-electron chi connectivity index (χ0n) is 5.90. The first kappa shape index (κ1) is 7.03. The summed E-state index contributed by atoms with van der Waals surface area (Å²) in [7, 11) is 3.57. The quantitative estimate of drug-likeness (QED) is 0.493. The Bertz CT molecular complexity index is 67.3. The SMILES string of the molecule is [CH2-][NH+]CCN1CCCC1. The smallest absolute Gasteiger partial charge is 0.105 e. The maximum absolute atomic E-state index is 3.57. The maximum atomic E-state index is 3.57. The van der Waals surface area contributed by atoms with Gasteiger partial charge in [-0.2, -0.15) is 0 Å². The van der Waals surface area contributed by atoms with E-state index in [1.807, 2.05) is 0 Å². The first-order chi connectivity index (χ1) is 4.43. The lowest BCUT2D eigenvalue weighted by molar-refractivity contribution is -0.595. The highest BCUT2D eigenvalue weighted by Gasteiger charge is 2.10. The molecule has 1 fully saturated rings. The van der Waals surface area contributed by atoms with Crippen LogP contribution in [0.2, 0.25) is 0 Å². The Morgan fingerprint density at radius 1 is 1.33 bits per heavy atom. The molecule has 9 heavy (non-hydrogen) atoms. The summed E-state index contributed by atoms with van der Waals surface area (Å²) in [4.78, 5) is 2.47. The van der Waals surface area contributed by atoms with Gasteiger partial charge in [-0.3, -0.25) is 4.90 Å². The molecular formula is C7H15N2. The van der Waals surface area contributed by atoms with Crippen LogP contribution in [0.1, 0.15) is 12.8 Å². The predicted molar refractivity (Wildman–Crippen MR) is 36.9 cm³/mol. The summed E-state index contributed by atoms with van der Waals surface area (Å²) in [6, 6.07) is 0. The molecule has 1 saturated heterocycles. The van der Waals surface area contributed by atoms with Crippen LogP contribution in [0.25, 0.3) is 0 Å². The van der Waals surface area contributed by atoms with Crippen molar-refractivity contribution < 1.29 is 5.32 Å². The van der Waals surface area contributed by atoms with Gasteiger partial charge in [-0.25, -0.2) is 0 Å². The molecule has 0 amide bonds. The van der Waals surface area contributed by atoms with E-state index < -0.39 is 0 Å². The second-order valence-corrected chi connectivity index (χ2v) is 2.55. The Hall–Kier alpha value is -0.0800. The second-order valence-electron chi connectivity index (χ2n) is 2.55. The topological polar surface area (TPSA) is 18.8 Å². The Labute approximate surface area is 57.2 Å². The zero-order valence-corrected chi connectivity index (χ0v) is 5.90. The van der Waals surface area contributed by atoms with Crippen LogP contribution in [0.15, 0.2) is 0 Å². The van der Waals surface area contributed by atoms with Gasteiger partial charge in [0.2, 0.25) is 0 Å². The molecule has 0 aliphatic carbocycles. The van der Waals surface area contributed by atoms with E-state index in [1.165, 1.54) is 32.5 Å². The van der Waals surface area contributed by atoms with Crippen LogP contribution >= 0.6 is 0 Å². The van der Waals surface area contributed by atoms with Gasteiger partial charge in [-0.05, 0) is 25.9 Å². The lowest BCUT2D eigenvalue weighted by Gasteiger charge is -2.11. The van der Waals surface area contributed by atoms with Gasteiger partial charge in [-0.1, -0.05) is 0 Å². The fourth-order valence-corrected chi connectivity index (χ4v) is 1.24. The minimum absolute atomic E-state index is 1.03. The van der Waals surface area contributed by atoms with E-state index in [1.54, 1.807) is 0 Å². The molecule has 53 valence electrons. The molecule has 1 rings (SSSR count). The molecule has 1 radical (unpaired) electrons. The summed E-state index contributed by atoms with van der Waals surface area (Å²) in [6.45, 7) is 4.78. The molecule has 0 saturated carbocycles. The molecule has 1 aliphatic heterocycles. The molecule has 0 aromatic heterocycles. The highest BCUT2D eigenvalue weighted by atomic mass is 15.1. The van der Waals surface area contributed by atoms with Crippen molar-refractivity contribution >= 4 is 0 Å². The summed E-state index contributed by atoms with van der Waals surface area (Å²) < 4.78 is 0. The third-order valence-corrected chi connectivity index (χ3v) is 1.80. The molecule has 2 nitrogen and oxygen atoms in total. The molecule has 1 N–H and O–H groups in total. The van der Waals surface area contributed by atoms with Gasteiger partial charge in [0.25, 0.3) is 0 Å². The Balaban J connectivity index is 1.98. The Morgan fingerprint density at radius 3 is 2.56 bits per heavy atom. The lowest BCUT2D eigenvalue weighted by Crippen LogP contribution is -2.78. The lowest BCUT2D eigenvalue weighted by atomic mass is 10.4. The number of hydrogen-bond acceptors (Lipinski definition) is 2. The largest absolute Gasteiger partial charge is 0.334 e. The Morgan fingerprint density at radius 2 is 2.00 bits per heavy atom. The third kappa shape index (κ3) is 2.33. The van der Waals surface area contributed by atoms with E-state index in [9.17, 15) is 0 Å². The summed E-state index contributed by atoms with van der Waals surface area (Å²) in [5, 5.41) is 2.90. The van der Waals surface area contributed by atoms with Gasteiger partial charge in [-0.15, -0.1) is 7.05 Å². The maximum Gasteiger partial charge on any atom is 0.105 e. The van der Waals surface area contributed by atoms with Crippen molar-refractivity contribution in [1.82, 2.24) is 4.90 Å². The number of likely N-dealkylation sites (tertiary alicyclic amines) is 1. The molecule has 1 aliphatic rings. The molecule has 0 atom stereocenters. The van der Waals surface area contributed by atoms with Crippen LogP contribution < -0.4 is 5.32 Å². The van der Waals surface area contributed by atoms with Gasteiger partial charge in [0.05, 0.1) is 0 Å². The van der Waals surface area contributed by atoms with Crippen molar-refractivity contribution in [3.05, 3.63) is 7.05 Å². The average molecular weight is 127 g/mol. The van der Waals surface area contributed by atoms with E-state index >= 15 is 0 Å². The van der Waals surface area contributed by atoms with Crippen molar-refractivity contribution in [1.29, 1.82) is 0 Å². The molecule has 0 aromatic rings. The third-order valence-electron chi connectivity index (χ3n) is 1.80. The van der Waals surface area contributed by atoms with Gasteiger partial charge in [0.15, 0.2) is 0 Å². The van der Waals surface area contributed by atoms with Crippen molar-refractivity contribution in [2.24, 2.45) is 0 Å². The fourth-order valence-electron chi connectivity index (χ4n) is 1.24. The fraction of sp³-hybridized carbons (Fsp3) is 0.857. The summed E-state index contributed by atoms with van der Waals surface area (Å²) >= 11 is 0.